The van der Waals surface area contributed by atoms with Crippen molar-refractivity contribution >= 4 is 29.4 Å². The molecule has 26 heavy (non-hydrogen) atoms. The number of amides is 2. The minimum absolute atomic E-state index is 0.0852. The van der Waals surface area contributed by atoms with Gasteiger partial charge in [0.1, 0.15) is 12.4 Å². The molecule has 1 aromatic rings. The summed E-state index contributed by atoms with van der Waals surface area (Å²) >= 11 is 6.07. The third kappa shape index (κ3) is 5.15. The van der Waals surface area contributed by atoms with Crippen LogP contribution in [0.3, 0.4) is 0 Å². The summed E-state index contributed by atoms with van der Waals surface area (Å²) in [6.07, 6.45) is -0.0852. The van der Waals surface area contributed by atoms with Gasteiger partial charge in [0.05, 0.1) is 19.6 Å². The van der Waals surface area contributed by atoms with Crippen LogP contribution >= 0.6 is 11.6 Å². The minimum atomic E-state index is -0.697. The Morgan fingerprint density at radius 2 is 2.19 bits per heavy atom. The Balaban J connectivity index is 2.08. The minimum Gasteiger partial charge on any atom is -0.468 e. The molecule has 0 unspecified atom stereocenters. The molecule has 1 aromatic carbocycles. The van der Waals surface area contributed by atoms with E-state index < -0.39 is 17.8 Å². The van der Waals surface area contributed by atoms with Gasteiger partial charge in [0.25, 0.3) is 0 Å². The quantitative estimate of drug-likeness (QED) is 0.733. The Kier molecular flexibility index (Phi) is 6.93. The monoisotopic (exact) mass is 385 g/mol. The number of nitrogens with one attached hydrogen (secondary N) is 1. The maximum Gasteiger partial charge on any atom is 0.325 e. The number of ether oxygens (including phenoxy) is 1. The molecule has 2 amide bonds. The van der Waals surface area contributed by atoms with E-state index in [1.807, 2.05) is 4.90 Å². The number of piperazine rings is 1. The SMILES string of the molecule is COC(=O)CN(C)C(=O)C[C@H]1C(=O)NCCN1Cc1ccc(F)cc1Cl. The van der Waals surface area contributed by atoms with Crippen molar-refractivity contribution < 1.29 is 23.5 Å². The van der Waals surface area contributed by atoms with E-state index >= 15 is 0 Å². The van der Waals surface area contributed by atoms with Crippen molar-refractivity contribution in [3.8, 4) is 0 Å². The predicted molar refractivity (Wildman–Crippen MR) is 92.9 cm³/mol. The zero-order valence-corrected chi connectivity index (χ0v) is 15.4. The summed E-state index contributed by atoms with van der Waals surface area (Å²) in [6.45, 7) is 1.09. The molecule has 0 saturated carbocycles. The van der Waals surface area contributed by atoms with E-state index in [1.54, 1.807) is 6.07 Å². The number of nitrogens with zero attached hydrogens (tertiary/aromatic N) is 2. The highest BCUT2D eigenvalue weighted by Crippen LogP contribution is 2.21. The lowest BCUT2D eigenvalue weighted by atomic mass is 10.1. The molecule has 7 nitrogen and oxygen atoms in total. The second kappa shape index (κ2) is 8.95. The average Bonchev–Trinajstić information content (AvgIpc) is 2.59. The molecule has 1 N–H and O–H groups in total. The molecule has 2 rings (SSSR count). The molecule has 0 aliphatic carbocycles. The third-order valence-electron chi connectivity index (χ3n) is 4.22. The Labute approximate surface area is 156 Å². The summed E-state index contributed by atoms with van der Waals surface area (Å²) in [4.78, 5) is 39.0. The zero-order valence-electron chi connectivity index (χ0n) is 14.6. The van der Waals surface area contributed by atoms with Crippen molar-refractivity contribution in [3.05, 3.63) is 34.6 Å². The van der Waals surface area contributed by atoms with Gasteiger partial charge >= 0.3 is 5.97 Å². The van der Waals surface area contributed by atoms with Crippen LogP contribution in [0.15, 0.2) is 18.2 Å². The van der Waals surface area contributed by atoms with Crippen LogP contribution in [0.1, 0.15) is 12.0 Å². The van der Waals surface area contributed by atoms with E-state index in [-0.39, 0.29) is 29.8 Å². The lowest BCUT2D eigenvalue weighted by Gasteiger charge is -2.35. The van der Waals surface area contributed by atoms with Crippen LogP contribution < -0.4 is 5.32 Å². The molecule has 1 aliphatic heterocycles. The maximum atomic E-state index is 13.2. The van der Waals surface area contributed by atoms with Gasteiger partial charge in [-0.1, -0.05) is 17.7 Å². The molecule has 0 spiro atoms. The average molecular weight is 386 g/mol. The van der Waals surface area contributed by atoms with Gasteiger partial charge in [0, 0.05) is 31.7 Å². The highest BCUT2D eigenvalue weighted by atomic mass is 35.5. The summed E-state index contributed by atoms with van der Waals surface area (Å²) < 4.78 is 17.7. The third-order valence-corrected chi connectivity index (χ3v) is 4.57. The Bertz CT molecular complexity index is 701. The topological polar surface area (TPSA) is 78.9 Å². The van der Waals surface area contributed by atoms with Crippen molar-refractivity contribution in [1.29, 1.82) is 0 Å². The largest absolute Gasteiger partial charge is 0.468 e. The first-order valence-corrected chi connectivity index (χ1v) is 8.46. The van der Waals surface area contributed by atoms with Crippen LogP contribution in [0.2, 0.25) is 5.02 Å². The predicted octanol–water partition coefficient (Wildman–Crippen LogP) is 0.801. The normalized spacial score (nSPS) is 17.5. The van der Waals surface area contributed by atoms with Crippen LogP contribution in [0.4, 0.5) is 4.39 Å². The molecule has 1 aliphatic rings. The van der Waals surface area contributed by atoms with E-state index in [9.17, 15) is 18.8 Å². The van der Waals surface area contributed by atoms with Crippen LogP contribution in [-0.4, -0.2) is 67.4 Å². The molecule has 1 atom stereocenters. The van der Waals surface area contributed by atoms with Crippen LogP contribution in [-0.2, 0) is 25.7 Å². The molecule has 1 saturated heterocycles. The van der Waals surface area contributed by atoms with Gasteiger partial charge in [-0.15, -0.1) is 0 Å². The van der Waals surface area contributed by atoms with Gasteiger partial charge < -0.3 is 15.0 Å². The highest BCUT2D eigenvalue weighted by molar-refractivity contribution is 6.31. The second-order valence-corrected chi connectivity index (χ2v) is 6.45. The van der Waals surface area contributed by atoms with Crippen molar-refractivity contribution in [1.82, 2.24) is 15.1 Å². The Morgan fingerprint density at radius 1 is 1.46 bits per heavy atom. The van der Waals surface area contributed by atoms with Crippen LogP contribution in [0.25, 0.3) is 0 Å². The molecule has 0 radical (unpaired) electrons. The summed E-state index contributed by atoms with van der Waals surface area (Å²) in [5.41, 5.74) is 0.670. The first kappa shape index (κ1) is 20.1. The van der Waals surface area contributed by atoms with Crippen molar-refractivity contribution in [2.24, 2.45) is 0 Å². The molecular formula is C17H21ClFN3O4. The van der Waals surface area contributed by atoms with Gasteiger partial charge in [0.15, 0.2) is 0 Å². The molecular weight excluding hydrogens is 365 g/mol. The number of halogens is 2. The highest BCUT2D eigenvalue weighted by Gasteiger charge is 2.33. The van der Waals surface area contributed by atoms with Crippen LogP contribution in [0, 0.1) is 5.82 Å². The van der Waals surface area contributed by atoms with Crippen LogP contribution in [0.5, 0.6) is 0 Å². The number of hydrogen-bond acceptors (Lipinski definition) is 5. The fourth-order valence-electron chi connectivity index (χ4n) is 2.71. The summed E-state index contributed by atoms with van der Waals surface area (Å²) in [5.74, 6) is -1.60. The molecule has 1 heterocycles. The number of carbonyl (C=O) groups excluding carboxylic acids is 3. The van der Waals surface area contributed by atoms with Gasteiger partial charge in [-0.2, -0.15) is 0 Å². The first-order chi connectivity index (χ1) is 12.3. The number of hydrogen-bond donors (Lipinski definition) is 1. The number of methoxy groups -OCH3 is 1. The maximum absolute atomic E-state index is 13.2. The fraction of sp³-hybridized carbons (Fsp3) is 0.471. The van der Waals surface area contributed by atoms with E-state index in [4.69, 9.17) is 11.6 Å². The smallest absolute Gasteiger partial charge is 0.325 e. The van der Waals surface area contributed by atoms with E-state index in [1.165, 1.54) is 31.2 Å². The van der Waals surface area contributed by atoms with Crippen molar-refractivity contribution in [2.45, 2.75) is 19.0 Å². The first-order valence-electron chi connectivity index (χ1n) is 8.08. The van der Waals surface area contributed by atoms with Gasteiger partial charge in [-0.3, -0.25) is 19.3 Å². The summed E-state index contributed by atoms with van der Waals surface area (Å²) in [7, 11) is 2.71. The summed E-state index contributed by atoms with van der Waals surface area (Å²) in [5, 5.41) is 3.00. The standard InChI is InChI=1S/C17H21ClFN3O4/c1-21(10-16(24)26-2)15(23)8-14-17(25)20-5-6-22(14)9-11-3-4-12(19)7-13(11)18/h3-4,7,14H,5-6,8-10H2,1-2H3,(H,20,25)/t14-/m0/s1. The number of rotatable bonds is 6. The molecule has 0 aromatic heterocycles. The van der Waals surface area contributed by atoms with Crippen molar-refractivity contribution in [2.75, 3.05) is 33.8 Å². The van der Waals surface area contributed by atoms with E-state index in [0.29, 0.717) is 25.2 Å². The Hall–Kier alpha value is -2.19. The summed E-state index contributed by atoms with van der Waals surface area (Å²) in [6, 6.07) is 3.38. The lowest BCUT2D eigenvalue weighted by Crippen LogP contribution is -2.56. The molecule has 0 bridgehead atoms. The molecule has 1 fully saturated rings. The number of likely N-dealkylation sites (N-methyl/N-ethyl adjacent to an activating group) is 1. The van der Waals surface area contributed by atoms with E-state index in [0.717, 1.165) is 0 Å². The number of benzene rings is 1. The second-order valence-electron chi connectivity index (χ2n) is 6.04. The number of carbonyl (C=O) groups is 3. The van der Waals surface area contributed by atoms with Gasteiger partial charge in [0.2, 0.25) is 11.8 Å². The van der Waals surface area contributed by atoms with Gasteiger partial charge in [-0.05, 0) is 17.7 Å². The lowest BCUT2D eigenvalue weighted by molar-refractivity contribution is -0.147. The van der Waals surface area contributed by atoms with Crippen molar-refractivity contribution in [3.63, 3.8) is 0 Å². The molecule has 9 heteroatoms. The molecule has 142 valence electrons. The fourth-order valence-corrected chi connectivity index (χ4v) is 2.94. The van der Waals surface area contributed by atoms with E-state index in [2.05, 4.69) is 10.1 Å². The van der Waals surface area contributed by atoms with Gasteiger partial charge in [-0.25, -0.2) is 4.39 Å². The Morgan fingerprint density at radius 3 is 2.85 bits per heavy atom. The zero-order chi connectivity index (χ0) is 19.3. The number of esters is 1.